The van der Waals surface area contributed by atoms with E-state index in [1.165, 1.54) is 5.56 Å². The SMILES string of the molecule is Clc1ccc2c(c1)nc(CSc1nncn1Cc1ccco1)n2Cc1ccccc1. The number of fused-ring (bicyclic) bond motifs is 1. The predicted molar refractivity (Wildman–Crippen MR) is 118 cm³/mol. The molecule has 0 unspecified atom stereocenters. The maximum absolute atomic E-state index is 6.20. The standard InChI is InChI=1S/C22H18ClN5OS/c23-17-8-9-20-19(11-17)25-21(28(20)12-16-5-2-1-3-6-16)14-30-22-26-24-15-27(22)13-18-7-4-10-29-18/h1-11,15H,12-14H2. The number of benzene rings is 2. The van der Waals surface area contributed by atoms with Gasteiger partial charge in [-0.3, -0.25) is 0 Å². The van der Waals surface area contributed by atoms with Gasteiger partial charge in [0.15, 0.2) is 5.16 Å². The molecule has 6 nitrogen and oxygen atoms in total. The highest BCUT2D eigenvalue weighted by Gasteiger charge is 2.14. The molecular formula is C22H18ClN5OS. The third-order valence-electron chi connectivity index (χ3n) is 4.79. The van der Waals surface area contributed by atoms with Crippen LogP contribution in [-0.2, 0) is 18.8 Å². The number of imidazole rings is 1. The van der Waals surface area contributed by atoms with Crippen molar-refractivity contribution in [3.8, 4) is 0 Å². The molecule has 3 aromatic heterocycles. The summed E-state index contributed by atoms with van der Waals surface area (Å²) in [6, 6.07) is 20.0. The zero-order valence-electron chi connectivity index (χ0n) is 16.0. The first-order valence-electron chi connectivity index (χ1n) is 9.48. The summed E-state index contributed by atoms with van der Waals surface area (Å²) < 4.78 is 9.66. The highest BCUT2D eigenvalue weighted by Crippen LogP contribution is 2.26. The zero-order chi connectivity index (χ0) is 20.3. The lowest BCUT2D eigenvalue weighted by Gasteiger charge is -2.10. The van der Waals surface area contributed by atoms with Crippen molar-refractivity contribution in [2.75, 3.05) is 0 Å². The lowest BCUT2D eigenvalue weighted by molar-refractivity contribution is 0.484. The number of furan rings is 1. The zero-order valence-corrected chi connectivity index (χ0v) is 17.6. The Balaban J connectivity index is 1.43. The number of rotatable bonds is 7. The Bertz CT molecular complexity index is 1260. The summed E-state index contributed by atoms with van der Waals surface area (Å²) >= 11 is 7.81. The van der Waals surface area contributed by atoms with Crippen LogP contribution in [0.25, 0.3) is 11.0 Å². The molecule has 0 radical (unpaired) electrons. The van der Waals surface area contributed by atoms with E-state index in [2.05, 4.69) is 39.0 Å². The Hall–Kier alpha value is -3.03. The van der Waals surface area contributed by atoms with E-state index in [0.717, 1.165) is 34.3 Å². The second-order valence-corrected chi connectivity index (χ2v) is 8.22. The molecule has 0 amide bonds. The van der Waals surface area contributed by atoms with E-state index in [4.69, 9.17) is 21.0 Å². The van der Waals surface area contributed by atoms with Gasteiger partial charge in [0.2, 0.25) is 0 Å². The molecule has 0 spiro atoms. The van der Waals surface area contributed by atoms with E-state index >= 15 is 0 Å². The Kier molecular flexibility index (Phi) is 5.29. The predicted octanol–water partition coefficient (Wildman–Crippen LogP) is 5.26. The minimum absolute atomic E-state index is 0.596. The molecule has 5 rings (SSSR count). The largest absolute Gasteiger partial charge is 0.467 e. The summed E-state index contributed by atoms with van der Waals surface area (Å²) in [6.45, 7) is 1.34. The van der Waals surface area contributed by atoms with Gasteiger partial charge in [-0.05, 0) is 35.9 Å². The van der Waals surface area contributed by atoms with Crippen LogP contribution in [-0.4, -0.2) is 24.3 Å². The maximum atomic E-state index is 6.20. The lowest BCUT2D eigenvalue weighted by atomic mass is 10.2. The fourth-order valence-electron chi connectivity index (χ4n) is 3.37. The van der Waals surface area contributed by atoms with Gasteiger partial charge in [-0.1, -0.05) is 53.7 Å². The van der Waals surface area contributed by atoms with E-state index < -0.39 is 0 Å². The fraction of sp³-hybridized carbons (Fsp3) is 0.136. The van der Waals surface area contributed by atoms with Gasteiger partial charge in [-0.2, -0.15) is 0 Å². The Morgan fingerprint density at radius 1 is 1.00 bits per heavy atom. The number of aromatic nitrogens is 5. The van der Waals surface area contributed by atoms with Crippen LogP contribution in [0.1, 0.15) is 17.1 Å². The van der Waals surface area contributed by atoms with E-state index in [-0.39, 0.29) is 0 Å². The monoisotopic (exact) mass is 435 g/mol. The van der Waals surface area contributed by atoms with Crippen LogP contribution in [0.5, 0.6) is 0 Å². The molecule has 2 aromatic carbocycles. The Labute approximate surface area is 182 Å². The third-order valence-corrected chi connectivity index (χ3v) is 6.00. The van der Waals surface area contributed by atoms with Crippen molar-refractivity contribution >= 4 is 34.4 Å². The van der Waals surface area contributed by atoms with E-state index in [0.29, 0.717) is 17.3 Å². The van der Waals surface area contributed by atoms with Crippen LogP contribution in [0.3, 0.4) is 0 Å². The highest BCUT2D eigenvalue weighted by atomic mass is 35.5. The van der Waals surface area contributed by atoms with Crippen LogP contribution in [0.4, 0.5) is 0 Å². The van der Waals surface area contributed by atoms with Crippen molar-refractivity contribution in [2.45, 2.75) is 24.0 Å². The van der Waals surface area contributed by atoms with Crippen molar-refractivity contribution in [3.63, 3.8) is 0 Å². The van der Waals surface area contributed by atoms with Crippen LogP contribution in [0, 0.1) is 0 Å². The smallest absolute Gasteiger partial charge is 0.191 e. The second-order valence-electron chi connectivity index (χ2n) is 6.84. The first kappa shape index (κ1) is 19.0. The van der Waals surface area contributed by atoms with Crippen LogP contribution in [0.2, 0.25) is 5.02 Å². The number of thioether (sulfide) groups is 1. The maximum Gasteiger partial charge on any atom is 0.191 e. The van der Waals surface area contributed by atoms with E-state index in [9.17, 15) is 0 Å². The summed E-state index contributed by atoms with van der Waals surface area (Å²) in [7, 11) is 0. The minimum atomic E-state index is 0.596. The highest BCUT2D eigenvalue weighted by molar-refractivity contribution is 7.98. The molecule has 0 aliphatic rings. The molecule has 0 atom stereocenters. The molecular weight excluding hydrogens is 418 g/mol. The average Bonchev–Trinajstić information content (AvgIpc) is 3.49. The molecule has 0 aliphatic heterocycles. The molecule has 0 saturated carbocycles. The topological polar surface area (TPSA) is 61.7 Å². The van der Waals surface area contributed by atoms with Gasteiger partial charge in [0.1, 0.15) is 17.9 Å². The first-order valence-corrected chi connectivity index (χ1v) is 10.8. The minimum Gasteiger partial charge on any atom is -0.467 e. The summed E-state index contributed by atoms with van der Waals surface area (Å²) in [5.41, 5.74) is 3.18. The van der Waals surface area contributed by atoms with Crippen LogP contribution in [0.15, 0.2) is 82.8 Å². The molecule has 0 N–H and O–H groups in total. The summed E-state index contributed by atoms with van der Waals surface area (Å²) in [4.78, 5) is 4.86. The number of hydrogen-bond acceptors (Lipinski definition) is 5. The molecule has 0 bridgehead atoms. The van der Waals surface area contributed by atoms with Crippen molar-refractivity contribution in [1.82, 2.24) is 24.3 Å². The molecule has 30 heavy (non-hydrogen) atoms. The van der Waals surface area contributed by atoms with Crippen LogP contribution >= 0.6 is 23.4 Å². The van der Waals surface area contributed by atoms with Crippen LogP contribution < -0.4 is 0 Å². The van der Waals surface area contributed by atoms with Gasteiger partial charge in [0.05, 0.1) is 29.6 Å². The average molecular weight is 436 g/mol. The first-order chi connectivity index (χ1) is 14.8. The number of nitrogens with zero attached hydrogens (tertiary/aromatic N) is 5. The Morgan fingerprint density at radius 3 is 2.73 bits per heavy atom. The molecule has 0 fully saturated rings. The van der Waals surface area contributed by atoms with Gasteiger partial charge in [-0.25, -0.2) is 4.98 Å². The quantitative estimate of drug-likeness (QED) is 0.326. The van der Waals surface area contributed by atoms with Gasteiger partial charge in [0.25, 0.3) is 0 Å². The second kappa shape index (κ2) is 8.38. The lowest BCUT2D eigenvalue weighted by Crippen LogP contribution is -2.05. The van der Waals surface area contributed by atoms with E-state index in [1.54, 1.807) is 24.4 Å². The van der Waals surface area contributed by atoms with Crippen molar-refractivity contribution in [3.05, 3.63) is 95.4 Å². The van der Waals surface area contributed by atoms with Crippen molar-refractivity contribution in [1.29, 1.82) is 0 Å². The molecule has 3 heterocycles. The third kappa shape index (κ3) is 3.99. The number of halogens is 1. The van der Waals surface area contributed by atoms with Crippen molar-refractivity contribution in [2.24, 2.45) is 0 Å². The Morgan fingerprint density at radius 2 is 1.90 bits per heavy atom. The normalized spacial score (nSPS) is 11.4. The van der Waals surface area contributed by atoms with Gasteiger partial charge >= 0.3 is 0 Å². The molecule has 0 saturated heterocycles. The fourth-order valence-corrected chi connectivity index (χ4v) is 4.40. The molecule has 5 aromatic rings. The summed E-state index contributed by atoms with van der Waals surface area (Å²) in [5.74, 6) is 2.49. The van der Waals surface area contributed by atoms with Crippen molar-refractivity contribution < 1.29 is 4.42 Å². The summed E-state index contributed by atoms with van der Waals surface area (Å²) in [6.07, 6.45) is 3.39. The van der Waals surface area contributed by atoms with Gasteiger partial charge in [0, 0.05) is 11.6 Å². The van der Waals surface area contributed by atoms with Gasteiger partial charge in [-0.15, -0.1) is 10.2 Å². The summed E-state index contributed by atoms with van der Waals surface area (Å²) in [5, 5.41) is 9.84. The molecule has 150 valence electrons. The number of hydrogen-bond donors (Lipinski definition) is 0. The van der Waals surface area contributed by atoms with Gasteiger partial charge < -0.3 is 13.6 Å². The molecule has 0 aliphatic carbocycles. The van der Waals surface area contributed by atoms with E-state index in [1.807, 2.05) is 41.0 Å². The molecule has 8 heteroatoms.